The fourth-order valence-electron chi connectivity index (χ4n) is 1.21. The van der Waals surface area contributed by atoms with Gasteiger partial charge in [0.25, 0.3) is 0 Å². The van der Waals surface area contributed by atoms with E-state index in [4.69, 9.17) is 15.6 Å². The molecule has 0 aliphatic rings. The van der Waals surface area contributed by atoms with Gasteiger partial charge in [-0.15, -0.1) is 0 Å². The van der Waals surface area contributed by atoms with Gasteiger partial charge < -0.3 is 20.5 Å². The number of aliphatic hydroxyl groups excluding tert-OH is 1. The van der Waals surface area contributed by atoms with Crippen molar-refractivity contribution in [3.63, 3.8) is 0 Å². The highest BCUT2D eigenvalue weighted by atomic mass is 16.5. The van der Waals surface area contributed by atoms with E-state index in [2.05, 4.69) is 15.0 Å². The number of hydrogen-bond acceptors (Lipinski definition) is 7. The molecule has 0 aromatic carbocycles. The first-order chi connectivity index (χ1) is 7.71. The van der Waals surface area contributed by atoms with Gasteiger partial charge in [-0.1, -0.05) is 0 Å². The summed E-state index contributed by atoms with van der Waals surface area (Å²) in [4.78, 5) is 13.9. The first kappa shape index (κ1) is 12.4. The van der Waals surface area contributed by atoms with Crippen molar-refractivity contribution < 1.29 is 9.84 Å². The molecule has 0 saturated heterocycles. The molecule has 90 valence electrons. The maximum Gasteiger partial charge on any atom is 0.323 e. The van der Waals surface area contributed by atoms with Gasteiger partial charge >= 0.3 is 6.01 Å². The zero-order valence-electron chi connectivity index (χ0n) is 9.55. The molecule has 0 aliphatic heterocycles. The number of anilines is 2. The van der Waals surface area contributed by atoms with Crippen molar-refractivity contribution in [1.29, 1.82) is 0 Å². The number of nitrogens with two attached hydrogens (primary N) is 1. The lowest BCUT2D eigenvalue weighted by Crippen LogP contribution is -2.25. The minimum atomic E-state index is -0.0911. The molecule has 0 bridgehead atoms. The van der Waals surface area contributed by atoms with Crippen molar-refractivity contribution in [3.8, 4) is 6.01 Å². The van der Waals surface area contributed by atoms with Gasteiger partial charge in [-0.05, 0) is 13.8 Å². The van der Waals surface area contributed by atoms with Crippen molar-refractivity contribution in [3.05, 3.63) is 0 Å². The Morgan fingerprint density at radius 3 is 2.50 bits per heavy atom. The highest BCUT2D eigenvalue weighted by Crippen LogP contribution is 2.12. The van der Waals surface area contributed by atoms with Crippen LogP contribution >= 0.6 is 0 Å². The summed E-state index contributed by atoms with van der Waals surface area (Å²) < 4.78 is 5.10. The van der Waals surface area contributed by atoms with Crippen molar-refractivity contribution in [2.45, 2.75) is 13.8 Å². The van der Waals surface area contributed by atoms with Crippen molar-refractivity contribution in [1.82, 2.24) is 15.0 Å². The van der Waals surface area contributed by atoms with Crippen LogP contribution in [0.2, 0.25) is 0 Å². The Kier molecular flexibility index (Phi) is 4.71. The number of aliphatic hydroxyl groups is 1. The molecule has 0 radical (unpaired) electrons. The minimum Gasteiger partial charge on any atom is -0.461 e. The van der Waals surface area contributed by atoms with Gasteiger partial charge in [0, 0.05) is 13.1 Å². The van der Waals surface area contributed by atoms with E-state index >= 15 is 0 Å². The van der Waals surface area contributed by atoms with E-state index in [1.54, 1.807) is 0 Å². The van der Waals surface area contributed by atoms with Crippen LogP contribution in [0.3, 0.4) is 0 Å². The molecule has 0 unspecified atom stereocenters. The van der Waals surface area contributed by atoms with Gasteiger partial charge in [0.05, 0.1) is 6.61 Å². The van der Waals surface area contributed by atoms with E-state index in [1.165, 1.54) is 0 Å². The van der Waals surface area contributed by atoms with E-state index in [9.17, 15) is 0 Å². The average Bonchev–Trinajstić information content (AvgIpc) is 2.27. The standard InChI is InChI=1S/C9H17N5O2/c1-3-14(4-2)8-11-7(10)12-9(13-8)16-6-5-15/h15H,3-6H2,1-2H3,(H2,10,11,12,13). The van der Waals surface area contributed by atoms with Gasteiger partial charge in [0.2, 0.25) is 11.9 Å². The molecule has 1 rings (SSSR count). The van der Waals surface area contributed by atoms with Crippen molar-refractivity contribution >= 4 is 11.9 Å². The molecule has 1 aromatic heterocycles. The Labute approximate surface area is 94.3 Å². The van der Waals surface area contributed by atoms with Gasteiger partial charge in [0.1, 0.15) is 6.61 Å². The quantitative estimate of drug-likeness (QED) is 0.686. The minimum absolute atomic E-state index is 0.0911. The van der Waals surface area contributed by atoms with Gasteiger partial charge in [-0.3, -0.25) is 0 Å². The number of rotatable bonds is 6. The SMILES string of the molecule is CCN(CC)c1nc(N)nc(OCCO)n1. The van der Waals surface area contributed by atoms with Crippen LogP contribution in [0.15, 0.2) is 0 Å². The Morgan fingerprint density at radius 1 is 1.25 bits per heavy atom. The molecular weight excluding hydrogens is 210 g/mol. The molecule has 1 heterocycles. The fraction of sp³-hybridized carbons (Fsp3) is 0.667. The monoisotopic (exact) mass is 227 g/mol. The first-order valence-corrected chi connectivity index (χ1v) is 5.21. The second-order valence-electron chi connectivity index (χ2n) is 3.02. The maximum atomic E-state index is 8.63. The molecule has 1 aromatic rings. The molecule has 0 amide bonds. The molecule has 0 aliphatic carbocycles. The lowest BCUT2D eigenvalue weighted by Gasteiger charge is -2.18. The van der Waals surface area contributed by atoms with Gasteiger partial charge in [0.15, 0.2) is 0 Å². The molecule has 0 atom stereocenters. The third kappa shape index (κ3) is 3.20. The third-order valence-electron chi connectivity index (χ3n) is 1.99. The molecule has 0 fully saturated rings. The molecule has 16 heavy (non-hydrogen) atoms. The number of nitrogens with zero attached hydrogens (tertiary/aromatic N) is 4. The summed E-state index contributed by atoms with van der Waals surface area (Å²) in [5.74, 6) is 0.607. The molecule has 7 nitrogen and oxygen atoms in total. The normalized spacial score (nSPS) is 10.2. The summed E-state index contributed by atoms with van der Waals surface area (Å²) in [5, 5.41) is 8.63. The zero-order chi connectivity index (χ0) is 12.0. The molecule has 7 heteroatoms. The van der Waals surface area contributed by atoms with E-state index in [-0.39, 0.29) is 25.2 Å². The number of aromatic nitrogens is 3. The first-order valence-electron chi connectivity index (χ1n) is 5.21. The van der Waals surface area contributed by atoms with Crippen LogP contribution in [0.4, 0.5) is 11.9 Å². The van der Waals surface area contributed by atoms with E-state index in [0.717, 1.165) is 13.1 Å². The fourth-order valence-corrected chi connectivity index (χ4v) is 1.21. The number of ether oxygens (including phenoxy) is 1. The summed E-state index contributed by atoms with van der Waals surface area (Å²) in [6, 6.07) is 0.142. The number of nitrogen functional groups attached to an aromatic ring is 1. The van der Waals surface area contributed by atoms with Crippen LogP contribution in [-0.2, 0) is 0 Å². The summed E-state index contributed by atoms with van der Waals surface area (Å²) in [6.45, 7) is 5.60. The molecule has 3 N–H and O–H groups in total. The predicted octanol–water partition coefficient (Wildman–Crippen LogP) is -0.329. The van der Waals surface area contributed by atoms with Gasteiger partial charge in [-0.25, -0.2) is 0 Å². The van der Waals surface area contributed by atoms with Crippen LogP contribution in [0, 0.1) is 0 Å². The van der Waals surface area contributed by atoms with Crippen LogP contribution in [0.25, 0.3) is 0 Å². The lowest BCUT2D eigenvalue weighted by atomic mass is 10.5. The summed E-state index contributed by atoms with van der Waals surface area (Å²) in [7, 11) is 0. The largest absolute Gasteiger partial charge is 0.461 e. The van der Waals surface area contributed by atoms with E-state index in [0.29, 0.717) is 5.95 Å². The Hall–Kier alpha value is -1.63. The summed E-state index contributed by atoms with van der Waals surface area (Å²) in [5.41, 5.74) is 5.55. The highest BCUT2D eigenvalue weighted by Gasteiger charge is 2.10. The average molecular weight is 227 g/mol. The zero-order valence-corrected chi connectivity index (χ0v) is 9.55. The van der Waals surface area contributed by atoms with Crippen molar-refractivity contribution in [2.75, 3.05) is 36.9 Å². The smallest absolute Gasteiger partial charge is 0.323 e. The van der Waals surface area contributed by atoms with Crippen LogP contribution < -0.4 is 15.4 Å². The summed E-state index contributed by atoms with van der Waals surface area (Å²) >= 11 is 0. The van der Waals surface area contributed by atoms with Gasteiger partial charge in [-0.2, -0.15) is 15.0 Å². The van der Waals surface area contributed by atoms with Crippen LogP contribution in [0.1, 0.15) is 13.8 Å². The maximum absolute atomic E-state index is 8.63. The van der Waals surface area contributed by atoms with E-state index < -0.39 is 0 Å². The summed E-state index contributed by atoms with van der Waals surface area (Å²) in [6.07, 6.45) is 0. The van der Waals surface area contributed by atoms with Crippen LogP contribution in [0.5, 0.6) is 6.01 Å². The van der Waals surface area contributed by atoms with Crippen molar-refractivity contribution in [2.24, 2.45) is 0 Å². The Bertz CT molecular complexity index is 330. The Morgan fingerprint density at radius 2 is 1.94 bits per heavy atom. The highest BCUT2D eigenvalue weighted by molar-refractivity contribution is 5.35. The molecule has 0 spiro atoms. The molecule has 0 saturated carbocycles. The predicted molar refractivity (Wildman–Crippen MR) is 60.4 cm³/mol. The topological polar surface area (TPSA) is 97.4 Å². The lowest BCUT2D eigenvalue weighted by molar-refractivity contribution is 0.191. The molecular formula is C9H17N5O2. The second kappa shape index (κ2) is 6.06. The Balaban J connectivity index is 2.88. The van der Waals surface area contributed by atoms with E-state index in [1.807, 2.05) is 18.7 Å². The number of hydrogen-bond donors (Lipinski definition) is 2. The third-order valence-corrected chi connectivity index (χ3v) is 1.99. The van der Waals surface area contributed by atoms with Crippen LogP contribution in [-0.4, -0.2) is 46.4 Å². The second-order valence-corrected chi connectivity index (χ2v) is 3.02.